The van der Waals surface area contributed by atoms with E-state index < -0.39 is 0 Å². The Kier molecular flexibility index (Phi) is 3.24. The average molecular weight is 239 g/mol. The molecular formula is C14H13N3O. The fourth-order valence-corrected chi connectivity index (χ4v) is 2.04. The summed E-state index contributed by atoms with van der Waals surface area (Å²) >= 11 is 0. The number of nitrogens with zero attached hydrogens (tertiary/aromatic N) is 3. The molecule has 0 saturated carbocycles. The molecule has 0 N–H and O–H groups in total. The Morgan fingerprint density at radius 3 is 2.61 bits per heavy atom. The zero-order valence-corrected chi connectivity index (χ0v) is 10.3. The second-order valence-corrected chi connectivity index (χ2v) is 3.95. The normalized spacial score (nSPS) is 10.1. The lowest BCUT2D eigenvalue weighted by molar-refractivity contribution is 0.700. The molecule has 0 bridgehead atoms. The van der Waals surface area contributed by atoms with Crippen LogP contribution in [0.15, 0.2) is 35.4 Å². The van der Waals surface area contributed by atoms with Gasteiger partial charge in [-0.15, -0.1) is 0 Å². The Labute approximate surface area is 105 Å². The molecular weight excluding hydrogens is 226 g/mol. The van der Waals surface area contributed by atoms with Gasteiger partial charge in [-0.1, -0.05) is 0 Å². The van der Waals surface area contributed by atoms with Crippen LogP contribution in [-0.4, -0.2) is 9.55 Å². The maximum Gasteiger partial charge on any atom is 0.268 e. The van der Waals surface area contributed by atoms with Gasteiger partial charge in [-0.3, -0.25) is 9.78 Å². The van der Waals surface area contributed by atoms with E-state index in [1.54, 1.807) is 23.0 Å². The molecule has 2 aromatic heterocycles. The molecule has 0 fully saturated rings. The highest BCUT2D eigenvalue weighted by atomic mass is 16.1. The lowest BCUT2D eigenvalue weighted by Gasteiger charge is -2.13. The van der Waals surface area contributed by atoms with E-state index in [-0.39, 0.29) is 11.1 Å². The molecule has 0 radical (unpaired) electrons. The molecule has 90 valence electrons. The first-order valence-corrected chi connectivity index (χ1v) is 5.74. The van der Waals surface area contributed by atoms with Gasteiger partial charge in [0, 0.05) is 30.2 Å². The summed E-state index contributed by atoms with van der Waals surface area (Å²) in [6.45, 7) is 4.34. The minimum absolute atomic E-state index is 0.175. The highest BCUT2D eigenvalue weighted by molar-refractivity contribution is 5.66. The van der Waals surface area contributed by atoms with Gasteiger partial charge in [-0.25, -0.2) is 0 Å². The van der Waals surface area contributed by atoms with Crippen molar-refractivity contribution in [3.8, 4) is 17.2 Å². The van der Waals surface area contributed by atoms with Crippen LogP contribution in [0.25, 0.3) is 11.1 Å². The summed E-state index contributed by atoms with van der Waals surface area (Å²) in [5.74, 6) is 0. The number of aromatic nitrogens is 2. The van der Waals surface area contributed by atoms with E-state index in [0.29, 0.717) is 6.54 Å². The summed E-state index contributed by atoms with van der Waals surface area (Å²) in [4.78, 5) is 15.9. The van der Waals surface area contributed by atoms with E-state index in [4.69, 9.17) is 5.26 Å². The third-order valence-corrected chi connectivity index (χ3v) is 2.99. The smallest absolute Gasteiger partial charge is 0.268 e. The Balaban J connectivity index is 2.78. The number of nitriles is 1. The third-order valence-electron chi connectivity index (χ3n) is 2.99. The minimum atomic E-state index is -0.227. The van der Waals surface area contributed by atoms with Crippen molar-refractivity contribution in [1.29, 1.82) is 5.26 Å². The zero-order valence-electron chi connectivity index (χ0n) is 10.3. The van der Waals surface area contributed by atoms with Crippen LogP contribution in [0.1, 0.15) is 18.2 Å². The monoisotopic (exact) mass is 239 g/mol. The second-order valence-electron chi connectivity index (χ2n) is 3.95. The van der Waals surface area contributed by atoms with Crippen LogP contribution in [-0.2, 0) is 6.54 Å². The molecule has 0 aliphatic heterocycles. The first-order chi connectivity index (χ1) is 8.69. The van der Waals surface area contributed by atoms with E-state index in [1.807, 2.05) is 32.0 Å². The van der Waals surface area contributed by atoms with Gasteiger partial charge in [-0.05, 0) is 37.6 Å². The molecule has 2 aromatic rings. The molecule has 0 spiro atoms. The van der Waals surface area contributed by atoms with E-state index in [2.05, 4.69) is 4.98 Å². The lowest BCUT2D eigenvalue weighted by atomic mass is 10.0. The SMILES string of the molecule is CCn1c(C)c(-c2ccncc2)cc(C#N)c1=O. The molecule has 4 heteroatoms. The molecule has 2 rings (SSSR count). The summed E-state index contributed by atoms with van der Waals surface area (Å²) in [6, 6.07) is 7.35. The molecule has 0 atom stereocenters. The average Bonchev–Trinajstić information content (AvgIpc) is 2.41. The molecule has 2 heterocycles. The summed E-state index contributed by atoms with van der Waals surface area (Å²) in [6.07, 6.45) is 3.39. The first-order valence-electron chi connectivity index (χ1n) is 5.74. The second kappa shape index (κ2) is 4.84. The number of pyridine rings is 2. The van der Waals surface area contributed by atoms with Gasteiger partial charge in [-0.2, -0.15) is 5.26 Å². The van der Waals surface area contributed by atoms with Crippen LogP contribution in [0.3, 0.4) is 0 Å². The van der Waals surface area contributed by atoms with Crippen LogP contribution >= 0.6 is 0 Å². The topological polar surface area (TPSA) is 58.7 Å². The predicted molar refractivity (Wildman–Crippen MR) is 69.1 cm³/mol. The minimum Gasteiger partial charge on any atom is -0.311 e. The predicted octanol–water partition coefficient (Wildman–Crippen LogP) is 2.11. The number of rotatable bonds is 2. The highest BCUT2D eigenvalue weighted by Gasteiger charge is 2.11. The fraction of sp³-hybridized carbons (Fsp3) is 0.214. The molecule has 0 aromatic carbocycles. The van der Waals surface area contributed by atoms with Crippen molar-refractivity contribution in [1.82, 2.24) is 9.55 Å². The van der Waals surface area contributed by atoms with Crippen molar-refractivity contribution in [2.75, 3.05) is 0 Å². The van der Waals surface area contributed by atoms with E-state index >= 15 is 0 Å². The molecule has 4 nitrogen and oxygen atoms in total. The Morgan fingerprint density at radius 2 is 2.06 bits per heavy atom. The van der Waals surface area contributed by atoms with Gasteiger partial charge in [0.2, 0.25) is 0 Å². The number of hydrogen-bond acceptors (Lipinski definition) is 3. The van der Waals surface area contributed by atoms with E-state index in [1.165, 1.54) is 0 Å². The van der Waals surface area contributed by atoms with Crippen LogP contribution in [0.2, 0.25) is 0 Å². The molecule has 0 amide bonds. The van der Waals surface area contributed by atoms with Gasteiger partial charge in [0.25, 0.3) is 5.56 Å². The van der Waals surface area contributed by atoms with Crippen molar-refractivity contribution >= 4 is 0 Å². The maximum atomic E-state index is 12.0. The molecule has 0 unspecified atom stereocenters. The van der Waals surface area contributed by atoms with Crippen LogP contribution in [0.5, 0.6) is 0 Å². The summed E-state index contributed by atoms with van der Waals surface area (Å²) in [5, 5.41) is 9.02. The molecule has 0 aliphatic carbocycles. The van der Waals surface area contributed by atoms with Gasteiger partial charge < -0.3 is 4.57 Å². The zero-order chi connectivity index (χ0) is 13.1. The van der Waals surface area contributed by atoms with Gasteiger partial charge >= 0.3 is 0 Å². The summed E-state index contributed by atoms with van der Waals surface area (Å²) < 4.78 is 1.62. The first kappa shape index (κ1) is 12.1. The summed E-state index contributed by atoms with van der Waals surface area (Å²) in [5.41, 5.74) is 2.67. The molecule has 0 saturated heterocycles. The van der Waals surface area contributed by atoms with Crippen molar-refractivity contribution in [2.45, 2.75) is 20.4 Å². The third kappa shape index (κ3) is 1.91. The lowest BCUT2D eigenvalue weighted by Crippen LogP contribution is -2.24. The van der Waals surface area contributed by atoms with Gasteiger partial charge in [0.1, 0.15) is 11.6 Å². The Bertz CT molecular complexity index is 666. The standard InChI is InChI=1S/C14H13N3O/c1-3-17-10(2)13(8-12(9-15)14(17)18)11-4-6-16-7-5-11/h4-8H,3H2,1-2H3. The van der Waals surface area contributed by atoms with Crippen molar-refractivity contribution in [3.63, 3.8) is 0 Å². The quantitative estimate of drug-likeness (QED) is 0.806. The summed E-state index contributed by atoms with van der Waals surface area (Å²) in [7, 11) is 0. The van der Waals surface area contributed by atoms with E-state index in [9.17, 15) is 4.79 Å². The molecule has 18 heavy (non-hydrogen) atoms. The van der Waals surface area contributed by atoms with Gasteiger partial charge in [0.05, 0.1) is 0 Å². The van der Waals surface area contributed by atoms with Crippen molar-refractivity contribution < 1.29 is 0 Å². The van der Waals surface area contributed by atoms with E-state index in [0.717, 1.165) is 16.8 Å². The Hall–Kier alpha value is -2.41. The molecule has 0 aliphatic rings. The highest BCUT2D eigenvalue weighted by Crippen LogP contribution is 2.22. The fourth-order valence-electron chi connectivity index (χ4n) is 2.04. The van der Waals surface area contributed by atoms with Gasteiger partial charge in [0.15, 0.2) is 0 Å². The maximum absolute atomic E-state index is 12.0. The van der Waals surface area contributed by atoms with Crippen LogP contribution in [0.4, 0.5) is 0 Å². The van der Waals surface area contributed by atoms with Crippen LogP contribution < -0.4 is 5.56 Å². The Morgan fingerprint density at radius 1 is 1.39 bits per heavy atom. The number of hydrogen-bond donors (Lipinski definition) is 0. The van der Waals surface area contributed by atoms with Crippen molar-refractivity contribution in [3.05, 3.63) is 52.2 Å². The van der Waals surface area contributed by atoms with Crippen molar-refractivity contribution in [2.24, 2.45) is 0 Å². The van der Waals surface area contributed by atoms with Crippen LogP contribution in [0, 0.1) is 18.3 Å². The largest absolute Gasteiger partial charge is 0.311 e.